The molecule has 2 aromatic rings. The predicted octanol–water partition coefficient (Wildman–Crippen LogP) is 3.68. The highest BCUT2D eigenvalue weighted by molar-refractivity contribution is 5.94. The number of hydrogen-bond donors (Lipinski definition) is 1. The molecule has 2 aromatic carbocycles. The number of benzene rings is 2. The van der Waals surface area contributed by atoms with Crippen molar-refractivity contribution in [3.63, 3.8) is 0 Å². The van der Waals surface area contributed by atoms with Gasteiger partial charge in [-0.15, -0.1) is 0 Å². The van der Waals surface area contributed by atoms with Gasteiger partial charge in [0.2, 0.25) is 0 Å². The Labute approximate surface area is 121 Å². The number of carbonyl (C=O) groups is 1. The van der Waals surface area contributed by atoms with Crippen molar-refractivity contribution in [2.45, 2.75) is 20.0 Å². The Balaban J connectivity index is 2.02. The minimum absolute atomic E-state index is 0.0836. The standard InChI is InChI=1S/C16H15F2NO2/c1-10-6-7-15(14(18)8-10)19-16(20)11(2)21-13-5-3-4-12(17)9-13/h3-9,11H,1-2H3,(H,19,20). The fraction of sp³-hybridized carbons (Fsp3) is 0.188. The largest absolute Gasteiger partial charge is 0.481 e. The van der Waals surface area contributed by atoms with E-state index < -0.39 is 23.6 Å². The van der Waals surface area contributed by atoms with Crippen LogP contribution in [0.2, 0.25) is 0 Å². The first kappa shape index (κ1) is 15.0. The van der Waals surface area contributed by atoms with Gasteiger partial charge in [0.15, 0.2) is 6.10 Å². The van der Waals surface area contributed by atoms with E-state index in [1.54, 1.807) is 19.1 Å². The quantitative estimate of drug-likeness (QED) is 0.933. The molecule has 0 bridgehead atoms. The molecule has 0 fully saturated rings. The summed E-state index contributed by atoms with van der Waals surface area (Å²) in [5.41, 5.74) is 0.842. The van der Waals surface area contributed by atoms with Crippen molar-refractivity contribution in [3.8, 4) is 5.75 Å². The third kappa shape index (κ3) is 4.02. The molecular formula is C16H15F2NO2. The molecule has 0 aliphatic carbocycles. The summed E-state index contributed by atoms with van der Waals surface area (Å²) >= 11 is 0. The molecule has 21 heavy (non-hydrogen) atoms. The van der Waals surface area contributed by atoms with E-state index in [-0.39, 0.29) is 11.4 Å². The van der Waals surface area contributed by atoms with Crippen LogP contribution < -0.4 is 10.1 Å². The van der Waals surface area contributed by atoms with Crippen LogP contribution in [0.4, 0.5) is 14.5 Å². The van der Waals surface area contributed by atoms with Crippen LogP contribution in [0.25, 0.3) is 0 Å². The Morgan fingerprint density at radius 1 is 1.19 bits per heavy atom. The van der Waals surface area contributed by atoms with Crippen LogP contribution in [0, 0.1) is 18.6 Å². The molecular weight excluding hydrogens is 276 g/mol. The summed E-state index contributed by atoms with van der Waals surface area (Å²) in [5.74, 6) is -1.24. The lowest BCUT2D eigenvalue weighted by atomic mass is 10.2. The van der Waals surface area contributed by atoms with Crippen LogP contribution in [0.5, 0.6) is 5.75 Å². The summed E-state index contributed by atoms with van der Waals surface area (Å²) in [6.07, 6.45) is -0.882. The molecule has 0 saturated heterocycles. The van der Waals surface area contributed by atoms with Gasteiger partial charge in [0, 0.05) is 6.07 Å². The van der Waals surface area contributed by atoms with Gasteiger partial charge in [-0.05, 0) is 43.7 Å². The molecule has 1 atom stereocenters. The Hall–Kier alpha value is -2.43. The normalized spacial score (nSPS) is 11.8. The maximum atomic E-state index is 13.6. The molecule has 0 radical (unpaired) electrons. The zero-order chi connectivity index (χ0) is 15.4. The molecule has 110 valence electrons. The van der Waals surface area contributed by atoms with Gasteiger partial charge in [-0.3, -0.25) is 4.79 Å². The van der Waals surface area contributed by atoms with E-state index in [0.717, 1.165) is 5.56 Å². The summed E-state index contributed by atoms with van der Waals surface area (Å²) < 4.78 is 32.0. The zero-order valence-electron chi connectivity index (χ0n) is 11.7. The Bertz CT molecular complexity index is 658. The average Bonchev–Trinajstić information content (AvgIpc) is 2.41. The number of aryl methyl sites for hydroxylation is 1. The molecule has 2 rings (SSSR count). The van der Waals surface area contributed by atoms with E-state index in [9.17, 15) is 13.6 Å². The van der Waals surface area contributed by atoms with E-state index in [4.69, 9.17) is 4.74 Å². The van der Waals surface area contributed by atoms with Gasteiger partial charge in [-0.25, -0.2) is 8.78 Å². The SMILES string of the molecule is Cc1ccc(NC(=O)C(C)Oc2cccc(F)c2)c(F)c1. The van der Waals surface area contributed by atoms with Crippen LogP contribution in [0.1, 0.15) is 12.5 Å². The first-order valence-corrected chi connectivity index (χ1v) is 6.45. The van der Waals surface area contributed by atoms with Crippen molar-refractivity contribution >= 4 is 11.6 Å². The van der Waals surface area contributed by atoms with Crippen LogP contribution >= 0.6 is 0 Å². The second-order valence-electron chi connectivity index (χ2n) is 4.69. The lowest BCUT2D eigenvalue weighted by Crippen LogP contribution is -2.30. The minimum atomic E-state index is -0.882. The van der Waals surface area contributed by atoms with Gasteiger partial charge < -0.3 is 10.1 Å². The molecule has 0 aliphatic heterocycles. The van der Waals surface area contributed by atoms with Gasteiger partial charge >= 0.3 is 0 Å². The summed E-state index contributed by atoms with van der Waals surface area (Å²) in [5, 5.41) is 2.44. The topological polar surface area (TPSA) is 38.3 Å². The third-order valence-electron chi connectivity index (χ3n) is 2.86. The number of anilines is 1. The van der Waals surface area contributed by atoms with E-state index in [2.05, 4.69) is 5.32 Å². The smallest absolute Gasteiger partial charge is 0.265 e. The summed E-state index contributed by atoms with van der Waals surface area (Å²) in [4.78, 5) is 11.9. The highest BCUT2D eigenvalue weighted by Gasteiger charge is 2.16. The molecule has 0 heterocycles. The van der Waals surface area contributed by atoms with E-state index in [0.29, 0.717) is 0 Å². The van der Waals surface area contributed by atoms with Crippen LogP contribution in [-0.2, 0) is 4.79 Å². The van der Waals surface area contributed by atoms with E-state index >= 15 is 0 Å². The number of halogens is 2. The van der Waals surface area contributed by atoms with Gasteiger partial charge in [0.25, 0.3) is 5.91 Å². The highest BCUT2D eigenvalue weighted by Crippen LogP contribution is 2.17. The lowest BCUT2D eigenvalue weighted by Gasteiger charge is -2.15. The number of amides is 1. The minimum Gasteiger partial charge on any atom is -0.481 e. The van der Waals surface area contributed by atoms with Crippen molar-refractivity contribution in [2.24, 2.45) is 0 Å². The molecule has 3 nitrogen and oxygen atoms in total. The van der Waals surface area contributed by atoms with Crippen molar-refractivity contribution in [2.75, 3.05) is 5.32 Å². The summed E-state index contributed by atoms with van der Waals surface area (Å²) in [7, 11) is 0. The van der Waals surface area contributed by atoms with Gasteiger partial charge in [0.1, 0.15) is 17.4 Å². The molecule has 1 unspecified atom stereocenters. The van der Waals surface area contributed by atoms with Crippen molar-refractivity contribution < 1.29 is 18.3 Å². The first-order valence-electron chi connectivity index (χ1n) is 6.45. The molecule has 5 heteroatoms. The monoisotopic (exact) mass is 291 g/mol. The fourth-order valence-corrected chi connectivity index (χ4v) is 1.75. The number of ether oxygens (including phenoxy) is 1. The van der Waals surface area contributed by atoms with Crippen LogP contribution in [-0.4, -0.2) is 12.0 Å². The van der Waals surface area contributed by atoms with Gasteiger partial charge in [0.05, 0.1) is 5.69 Å². The number of rotatable bonds is 4. The molecule has 0 saturated carbocycles. The number of nitrogens with one attached hydrogen (secondary N) is 1. The molecule has 1 amide bonds. The lowest BCUT2D eigenvalue weighted by molar-refractivity contribution is -0.122. The van der Waals surface area contributed by atoms with Crippen LogP contribution in [0.15, 0.2) is 42.5 Å². The van der Waals surface area contributed by atoms with E-state index in [1.807, 2.05) is 0 Å². The average molecular weight is 291 g/mol. The molecule has 1 N–H and O–H groups in total. The van der Waals surface area contributed by atoms with Crippen LogP contribution in [0.3, 0.4) is 0 Å². The second-order valence-corrected chi connectivity index (χ2v) is 4.69. The summed E-state index contributed by atoms with van der Waals surface area (Å²) in [6.45, 7) is 3.26. The maximum Gasteiger partial charge on any atom is 0.265 e. The maximum absolute atomic E-state index is 13.6. The number of carbonyl (C=O) groups excluding carboxylic acids is 1. The molecule has 0 aromatic heterocycles. The Morgan fingerprint density at radius 2 is 1.95 bits per heavy atom. The van der Waals surface area contributed by atoms with Crippen molar-refractivity contribution in [3.05, 3.63) is 59.7 Å². The molecule has 0 aliphatic rings. The van der Waals surface area contributed by atoms with Crippen molar-refractivity contribution in [1.29, 1.82) is 0 Å². The summed E-state index contributed by atoms with van der Waals surface area (Å²) in [6, 6.07) is 9.98. The first-order chi connectivity index (χ1) is 9.95. The second kappa shape index (κ2) is 6.35. The highest BCUT2D eigenvalue weighted by atomic mass is 19.1. The van der Waals surface area contributed by atoms with Gasteiger partial charge in [-0.2, -0.15) is 0 Å². The molecule has 0 spiro atoms. The van der Waals surface area contributed by atoms with Gasteiger partial charge in [-0.1, -0.05) is 12.1 Å². The Morgan fingerprint density at radius 3 is 2.62 bits per heavy atom. The van der Waals surface area contributed by atoms with E-state index in [1.165, 1.54) is 37.3 Å². The Kier molecular flexibility index (Phi) is 4.52. The van der Waals surface area contributed by atoms with Crippen molar-refractivity contribution in [1.82, 2.24) is 0 Å². The third-order valence-corrected chi connectivity index (χ3v) is 2.86. The predicted molar refractivity (Wildman–Crippen MR) is 76.3 cm³/mol. The number of hydrogen-bond acceptors (Lipinski definition) is 2. The fourth-order valence-electron chi connectivity index (χ4n) is 1.75. The zero-order valence-corrected chi connectivity index (χ0v) is 11.7.